The van der Waals surface area contributed by atoms with Crippen molar-refractivity contribution < 1.29 is 23.8 Å². The van der Waals surface area contributed by atoms with Gasteiger partial charge in [-0.1, -0.05) is 13.8 Å². The number of esters is 1. The molecule has 0 atom stereocenters. The first-order valence-electron chi connectivity index (χ1n) is 10.3. The van der Waals surface area contributed by atoms with Crippen molar-refractivity contribution in [1.82, 2.24) is 24.5 Å². The van der Waals surface area contributed by atoms with Crippen LogP contribution in [0.25, 0.3) is 5.78 Å². The van der Waals surface area contributed by atoms with E-state index in [0.717, 1.165) is 11.1 Å². The molecule has 0 fully saturated rings. The summed E-state index contributed by atoms with van der Waals surface area (Å²) in [6, 6.07) is 3.82. The molecule has 1 amide bonds. The van der Waals surface area contributed by atoms with E-state index < -0.39 is 5.97 Å². The summed E-state index contributed by atoms with van der Waals surface area (Å²) in [4.78, 5) is 35.4. The molecule has 0 radical (unpaired) electrons. The van der Waals surface area contributed by atoms with Crippen LogP contribution in [0.5, 0.6) is 11.5 Å². The SMILES string of the molecule is COc1cc2c(cc1OC)CN(C(=O)COC(=O)c1cnc3ncnn3c1C(C)C)CC2. The molecule has 0 N–H and O–H groups in total. The van der Waals surface area contributed by atoms with Crippen LogP contribution in [0.4, 0.5) is 0 Å². The number of nitrogens with zero attached hydrogens (tertiary/aromatic N) is 5. The fourth-order valence-electron chi connectivity index (χ4n) is 3.90. The first kappa shape index (κ1) is 21.5. The minimum Gasteiger partial charge on any atom is -0.493 e. The summed E-state index contributed by atoms with van der Waals surface area (Å²) in [6.07, 6.45) is 3.48. The second-order valence-electron chi connectivity index (χ2n) is 7.80. The predicted molar refractivity (Wildman–Crippen MR) is 114 cm³/mol. The van der Waals surface area contributed by atoms with Gasteiger partial charge in [0.25, 0.3) is 11.7 Å². The van der Waals surface area contributed by atoms with Crippen molar-refractivity contribution in [2.24, 2.45) is 0 Å². The first-order valence-corrected chi connectivity index (χ1v) is 10.3. The number of amides is 1. The fraction of sp³-hybridized carbons (Fsp3) is 0.409. The number of methoxy groups -OCH3 is 2. The number of hydrogen-bond acceptors (Lipinski definition) is 8. The summed E-state index contributed by atoms with van der Waals surface area (Å²) in [7, 11) is 3.17. The van der Waals surface area contributed by atoms with Crippen LogP contribution in [0.1, 0.15) is 46.9 Å². The highest BCUT2D eigenvalue weighted by molar-refractivity contribution is 5.92. The molecule has 1 aliphatic heterocycles. The average molecular weight is 439 g/mol. The number of hydrogen-bond donors (Lipinski definition) is 0. The Morgan fingerprint density at radius 2 is 1.81 bits per heavy atom. The van der Waals surface area contributed by atoms with Gasteiger partial charge in [-0.15, -0.1) is 0 Å². The Morgan fingerprint density at radius 1 is 1.09 bits per heavy atom. The highest BCUT2D eigenvalue weighted by Gasteiger charge is 2.25. The maximum absolute atomic E-state index is 12.8. The normalized spacial score (nSPS) is 13.2. The lowest BCUT2D eigenvalue weighted by atomic mass is 9.99. The summed E-state index contributed by atoms with van der Waals surface area (Å²) in [5, 5.41) is 4.14. The molecule has 3 aromatic rings. The van der Waals surface area contributed by atoms with Crippen molar-refractivity contribution in [2.45, 2.75) is 32.7 Å². The first-order chi connectivity index (χ1) is 15.4. The van der Waals surface area contributed by atoms with Crippen molar-refractivity contribution in [3.8, 4) is 11.5 Å². The lowest BCUT2D eigenvalue weighted by Crippen LogP contribution is -2.38. The summed E-state index contributed by atoms with van der Waals surface area (Å²) in [6.45, 7) is 4.46. The van der Waals surface area contributed by atoms with Crippen molar-refractivity contribution in [1.29, 1.82) is 0 Å². The number of benzene rings is 1. The van der Waals surface area contributed by atoms with Gasteiger partial charge < -0.3 is 19.1 Å². The molecule has 0 bridgehead atoms. The van der Waals surface area contributed by atoms with Crippen LogP contribution >= 0.6 is 0 Å². The second kappa shape index (κ2) is 8.81. The minimum atomic E-state index is -0.615. The van der Waals surface area contributed by atoms with Gasteiger partial charge in [0.1, 0.15) is 6.33 Å². The van der Waals surface area contributed by atoms with Gasteiger partial charge in [0.05, 0.1) is 25.5 Å². The zero-order valence-electron chi connectivity index (χ0n) is 18.5. The maximum Gasteiger partial charge on any atom is 0.342 e. The molecule has 0 aliphatic carbocycles. The highest BCUT2D eigenvalue weighted by atomic mass is 16.5. The van der Waals surface area contributed by atoms with E-state index in [-0.39, 0.29) is 24.0 Å². The van der Waals surface area contributed by atoms with E-state index in [2.05, 4.69) is 15.1 Å². The zero-order valence-corrected chi connectivity index (χ0v) is 18.5. The van der Waals surface area contributed by atoms with Crippen molar-refractivity contribution in [3.05, 3.63) is 47.0 Å². The van der Waals surface area contributed by atoms with Gasteiger partial charge in [0.15, 0.2) is 18.1 Å². The van der Waals surface area contributed by atoms with Gasteiger partial charge in [0.2, 0.25) is 0 Å². The van der Waals surface area contributed by atoms with Crippen LogP contribution in [0, 0.1) is 0 Å². The van der Waals surface area contributed by atoms with E-state index in [1.54, 1.807) is 19.1 Å². The summed E-state index contributed by atoms with van der Waals surface area (Å²) >= 11 is 0. The molecule has 0 saturated carbocycles. The Hall–Kier alpha value is -3.69. The standard InChI is InChI=1S/C22H25N5O5/c1-13(2)20-16(9-23-22-24-12-25-27(20)22)21(29)32-11-19(28)26-6-5-14-7-17(30-3)18(31-4)8-15(14)10-26/h7-9,12-13H,5-6,10-11H2,1-4H3. The molecule has 10 nitrogen and oxygen atoms in total. The van der Waals surface area contributed by atoms with Crippen LogP contribution in [0.2, 0.25) is 0 Å². The van der Waals surface area contributed by atoms with Gasteiger partial charge in [-0.05, 0) is 35.6 Å². The third-order valence-electron chi connectivity index (χ3n) is 5.51. The van der Waals surface area contributed by atoms with Gasteiger partial charge in [-0.2, -0.15) is 10.1 Å². The summed E-state index contributed by atoms with van der Waals surface area (Å²) in [5.74, 6) is 0.782. The third-order valence-corrected chi connectivity index (χ3v) is 5.51. The smallest absolute Gasteiger partial charge is 0.342 e. The molecule has 0 spiro atoms. The Labute approximate surface area is 185 Å². The van der Waals surface area contributed by atoms with Crippen LogP contribution in [-0.4, -0.2) is 63.7 Å². The highest BCUT2D eigenvalue weighted by Crippen LogP contribution is 2.33. The molecule has 10 heteroatoms. The van der Waals surface area contributed by atoms with E-state index in [1.165, 1.54) is 17.0 Å². The van der Waals surface area contributed by atoms with E-state index in [1.807, 2.05) is 26.0 Å². The summed E-state index contributed by atoms with van der Waals surface area (Å²) in [5.41, 5.74) is 3.00. The molecule has 3 heterocycles. The Bertz CT molecular complexity index is 1170. The van der Waals surface area contributed by atoms with Gasteiger partial charge in [0, 0.05) is 19.3 Å². The fourth-order valence-corrected chi connectivity index (χ4v) is 3.90. The molecule has 2 aromatic heterocycles. The molecule has 1 aromatic carbocycles. The molecular formula is C22H25N5O5. The van der Waals surface area contributed by atoms with Crippen LogP contribution in [0.3, 0.4) is 0 Å². The number of ether oxygens (including phenoxy) is 3. The minimum absolute atomic E-state index is 0.0222. The quantitative estimate of drug-likeness (QED) is 0.537. The Kier molecular flexibility index (Phi) is 5.93. The van der Waals surface area contributed by atoms with E-state index in [4.69, 9.17) is 14.2 Å². The van der Waals surface area contributed by atoms with Gasteiger partial charge in [-0.25, -0.2) is 14.3 Å². The number of carbonyl (C=O) groups excluding carboxylic acids is 2. The lowest BCUT2D eigenvalue weighted by Gasteiger charge is -2.29. The number of aromatic nitrogens is 4. The topological polar surface area (TPSA) is 108 Å². The van der Waals surface area contributed by atoms with Crippen LogP contribution in [-0.2, 0) is 22.5 Å². The molecular weight excluding hydrogens is 414 g/mol. The lowest BCUT2D eigenvalue weighted by molar-refractivity contribution is -0.135. The Balaban J connectivity index is 1.45. The van der Waals surface area contributed by atoms with E-state index in [9.17, 15) is 9.59 Å². The molecule has 0 saturated heterocycles. The molecule has 168 valence electrons. The second-order valence-corrected chi connectivity index (χ2v) is 7.80. The molecule has 1 aliphatic rings. The maximum atomic E-state index is 12.8. The number of carbonyl (C=O) groups is 2. The summed E-state index contributed by atoms with van der Waals surface area (Å²) < 4.78 is 17.6. The largest absolute Gasteiger partial charge is 0.493 e. The van der Waals surface area contributed by atoms with E-state index >= 15 is 0 Å². The van der Waals surface area contributed by atoms with Crippen molar-refractivity contribution in [3.63, 3.8) is 0 Å². The molecule has 4 rings (SSSR count). The third kappa shape index (κ3) is 3.95. The number of fused-ring (bicyclic) bond motifs is 2. The number of rotatable bonds is 6. The van der Waals surface area contributed by atoms with Crippen LogP contribution in [0.15, 0.2) is 24.7 Å². The van der Waals surface area contributed by atoms with Gasteiger partial charge in [-0.3, -0.25) is 4.79 Å². The molecule has 32 heavy (non-hydrogen) atoms. The van der Waals surface area contributed by atoms with Crippen LogP contribution < -0.4 is 9.47 Å². The van der Waals surface area contributed by atoms with Crippen molar-refractivity contribution >= 4 is 17.7 Å². The predicted octanol–water partition coefficient (Wildman–Crippen LogP) is 2.01. The zero-order chi connectivity index (χ0) is 22.8. The molecule has 0 unspecified atom stereocenters. The van der Waals surface area contributed by atoms with Crippen molar-refractivity contribution in [2.75, 3.05) is 27.4 Å². The monoisotopic (exact) mass is 439 g/mol. The van der Waals surface area contributed by atoms with Gasteiger partial charge >= 0.3 is 5.97 Å². The average Bonchev–Trinajstić information content (AvgIpc) is 3.28. The Morgan fingerprint density at radius 3 is 2.50 bits per heavy atom. The van der Waals surface area contributed by atoms with E-state index in [0.29, 0.717) is 42.5 Å².